The molecule has 0 aromatic heterocycles. The molecule has 0 fully saturated rings. The molecule has 0 heterocycles. The fourth-order valence-electron chi connectivity index (χ4n) is 1.21. The van der Waals surface area contributed by atoms with Crippen LogP contribution in [0.25, 0.3) is 0 Å². The Morgan fingerprint density at radius 2 is 2.07 bits per heavy atom. The van der Waals surface area contributed by atoms with Gasteiger partial charge in [-0.1, -0.05) is 6.08 Å². The maximum absolute atomic E-state index is 5.07. The van der Waals surface area contributed by atoms with E-state index in [1.165, 1.54) is 6.42 Å². The average molecular weight is 289 g/mol. The molecule has 77 valence electrons. The fourth-order valence-corrected chi connectivity index (χ4v) is 2.62. The van der Waals surface area contributed by atoms with Gasteiger partial charge < -0.3 is 0 Å². The van der Waals surface area contributed by atoms with Crippen molar-refractivity contribution >= 4 is 11.6 Å². The van der Waals surface area contributed by atoms with Crippen LogP contribution in [0.1, 0.15) is 27.2 Å². The van der Waals surface area contributed by atoms with Gasteiger partial charge in [-0.15, -0.1) is 18.2 Å². The number of hydrogen-bond acceptors (Lipinski definition) is 0. The van der Waals surface area contributed by atoms with Gasteiger partial charge in [0, 0.05) is 5.88 Å². The molecule has 0 bridgehead atoms. The summed E-state index contributed by atoms with van der Waals surface area (Å²) in [6.45, 7) is 10.2. The van der Waals surface area contributed by atoms with Gasteiger partial charge in [-0.25, -0.2) is 0 Å². The number of halogens is 1. The van der Waals surface area contributed by atoms with Gasteiger partial charge in [0.2, 0.25) is 0 Å². The van der Waals surface area contributed by atoms with E-state index in [0.717, 1.165) is 0 Å². The van der Waals surface area contributed by atoms with Crippen molar-refractivity contribution in [3.8, 4) is 0 Å². The predicted octanol–water partition coefficient (Wildman–Crippen LogP) is 4.20. The minimum atomic E-state index is 0.367. The molecule has 1 aliphatic rings. The summed E-state index contributed by atoms with van der Waals surface area (Å²) in [4.78, 5) is 0. The van der Waals surface area contributed by atoms with Crippen molar-refractivity contribution < 1.29 is 24.7 Å². The van der Waals surface area contributed by atoms with Crippen molar-refractivity contribution in [2.24, 2.45) is 5.41 Å². The molecule has 0 N–H and O–H groups in total. The van der Waals surface area contributed by atoms with E-state index in [4.69, 9.17) is 11.6 Å². The molecule has 0 aromatic rings. The Morgan fingerprint density at radius 3 is 2.21 bits per heavy atom. The molecule has 0 unspecified atom stereocenters. The van der Waals surface area contributed by atoms with Crippen LogP contribution in [0.5, 0.6) is 0 Å². The molecule has 0 saturated carbocycles. The summed E-state index contributed by atoms with van der Waals surface area (Å²) in [6.07, 6.45) is 7.39. The summed E-state index contributed by atoms with van der Waals surface area (Å²) in [6, 6.07) is 0. The van der Waals surface area contributed by atoms with E-state index in [0.29, 0.717) is 11.3 Å². The second-order valence-electron chi connectivity index (χ2n) is 4.19. The van der Waals surface area contributed by atoms with Crippen molar-refractivity contribution in [1.29, 1.82) is 0 Å². The Morgan fingerprint density at radius 1 is 1.57 bits per heavy atom. The van der Waals surface area contributed by atoms with E-state index in [2.05, 4.69) is 39.5 Å². The summed E-state index contributed by atoms with van der Waals surface area (Å²) in [5, 5.41) is 0. The van der Waals surface area contributed by atoms with Crippen LogP contribution in [0, 0.1) is 5.41 Å². The van der Waals surface area contributed by atoms with Gasteiger partial charge in [-0.3, -0.25) is 0 Å². The van der Waals surface area contributed by atoms with Gasteiger partial charge >= 0.3 is 78.3 Å². The summed E-state index contributed by atoms with van der Waals surface area (Å²) < 4.78 is 1.62. The third-order valence-electron chi connectivity index (χ3n) is 1.85. The fraction of sp³-hybridized carbons (Fsp3) is 0.500. The molecule has 0 saturated heterocycles. The first-order valence-electron chi connectivity index (χ1n) is 4.72. The predicted molar refractivity (Wildman–Crippen MR) is 61.2 cm³/mol. The Balaban J connectivity index is 0.000000364. The van der Waals surface area contributed by atoms with Crippen LogP contribution in [0.2, 0.25) is 0 Å². The molecule has 0 aromatic carbocycles. The van der Waals surface area contributed by atoms with Gasteiger partial charge in [-0.2, -0.15) is 0 Å². The number of rotatable bonds is 1. The second-order valence-corrected chi connectivity index (χ2v) is 5.98. The zero-order valence-corrected chi connectivity index (χ0v) is 12.4. The second kappa shape index (κ2) is 6.80. The van der Waals surface area contributed by atoms with Crippen LogP contribution in [0.3, 0.4) is 0 Å². The molecule has 0 amide bonds. The molecule has 0 radical (unpaired) electrons. The van der Waals surface area contributed by atoms with Crippen LogP contribution in [-0.2, 0) is 24.7 Å². The Bertz CT molecular complexity index is 244. The first-order chi connectivity index (χ1) is 6.43. The third-order valence-corrected chi connectivity index (χ3v) is 3.23. The number of allylic oxidation sites excluding steroid dienone is 5. The Hall–Kier alpha value is 0.393. The Labute approximate surface area is 108 Å². The van der Waals surface area contributed by atoms with Crippen molar-refractivity contribution in [2.75, 3.05) is 5.88 Å². The summed E-state index contributed by atoms with van der Waals surface area (Å²) in [5.74, 6) is 0.556. The summed E-state index contributed by atoms with van der Waals surface area (Å²) >= 11 is 6.65. The number of hydrogen-bond donors (Lipinski definition) is 0. The topological polar surface area (TPSA) is 0 Å². The monoisotopic (exact) mass is 287 g/mol. The van der Waals surface area contributed by atoms with Crippen LogP contribution in [0.15, 0.2) is 33.7 Å². The van der Waals surface area contributed by atoms with E-state index in [-0.39, 0.29) is 0 Å². The zero-order chi connectivity index (χ0) is 11.2. The van der Waals surface area contributed by atoms with E-state index in [9.17, 15) is 0 Å². The van der Waals surface area contributed by atoms with E-state index in [1.807, 2.05) is 0 Å². The van der Waals surface area contributed by atoms with Gasteiger partial charge in [0.05, 0.1) is 0 Å². The van der Waals surface area contributed by atoms with E-state index >= 15 is 0 Å². The minimum absolute atomic E-state index is 0.367. The van der Waals surface area contributed by atoms with Crippen molar-refractivity contribution in [3.63, 3.8) is 0 Å². The van der Waals surface area contributed by atoms with Crippen molar-refractivity contribution in [2.45, 2.75) is 27.2 Å². The summed E-state index contributed by atoms with van der Waals surface area (Å²) in [7, 11) is 0. The Kier molecular flexibility index (Phi) is 6.99. The first kappa shape index (κ1) is 14.4. The SMILES string of the molecule is C=CCCl.CC(C)(C)C1=[C]([Zr])CC=C1. The van der Waals surface area contributed by atoms with Gasteiger partial charge in [0.25, 0.3) is 0 Å². The third kappa shape index (κ3) is 5.32. The maximum atomic E-state index is 5.07. The molecular weight excluding hydrogens is 271 g/mol. The molecule has 2 heteroatoms. The molecule has 0 nitrogen and oxygen atoms in total. The van der Waals surface area contributed by atoms with Crippen molar-refractivity contribution in [1.82, 2.24) is 0 Å². The van der Waals surface area contributed by atoms with Gasteiger partial charge in [-0.05, 0) is 0 Å². The quantitative estimate of drug-likeness (QED) is 0.501. The molecule has 1 rings (SSSR count). The standard InChI is InChI=1S/C9H13.C3H5Cl.Zr/c1-9(2,3)8-6-4-5-7-8;1-2-3-4;/h4,6H,5H2,1-3H3;2H,1,3H2;. The molecule has 1 aliphatic carbocycles. The van der Waals surface area contributed by atoms with Gasteiger partial charge in [0.1, 0.15) is 0 Å². The first-order valence-corrected chi connectivity index (χ1v) is 6.48. The molecule has 14 heavy (non-hydrogen) atoms. The molecule has 0 spiro atoms. The van der Waals surface area contributed by atoms with Crippen LogP contribution in [0.4, 0.5) is 0 Å². The molecule has 0 atom stereocenters. The normalized spacial score (nSPS) is 15.1. The van der Waals surface area contributed by atoms with Crippen molar-refractivity contribution in [3.05, 3.63) is 33.7 Å². The van der Waals surface area contributed by atoms with E-state index in [1.54, 1.807) is 39.6 Å². The zero-order valence-electron chi connectivity index (χ0n) is 9.23. The van der Waals surface area contributed by atoms with Crippen LogP contribution in [-0.4, -0.2) is 5.88 Å². The number of alkyl halides is 1. The summed E-state index contributed by atoms with van der Waals surface area (Å²) in [5.41, 5.74) is 1.93. The van der Waals surface area contributed by atoms with Crippen LogP contribution < -0.4 is 0 Å². The molecule has 0 aliphatic heterocycles. The average Bonchev–Trinajstić information content (AvgIpc) is 2.51. The van der Waals surface area contributed by atoms with Gasteiger partial charge in [0.15, 0.2) is 0 Å². The van der Waals surface area contributed by atoms with E-state index < -0.39 is 0 Å². The molecular formula is C12H18ClZr. The van der Waals surface area contributed by atoms with Crippen LogP contribution >= 0.6 is 11.6 Å².